The quantitative estimate of drug-likeness (QED) is 0.834. The summed E-state index contributed by atoms with van der Waals surface area (Å²) in [6.07, 6.45) is 1.11. The van der Waals surface area contributed by atoms with Gasteiger partial charge in [0.05, 0.1) is 11.6 Å². The molecule has 0 aliphatic heterocycles. The molecule has 4 heteroatoms. The fourth-order valence-electron chi connectivity index (χ4n) is 1.79. The average molecular weight is 329 g/mol. The van der Waals surface area contributed by atoms with Crippen molar-refractivity contribution in [2.75, 3.05) is 27.2 Å². The molecule has 1 aromatic rings. The van der Waals surface area contributed by atoms with Crippen LogP contribution in [0, 0.1) is 5.41 Å². The SMILES string of the molecule is COc1ccc(CN(C)CCC(C)(C)CN)cc1Br. The summed E-state index contributed by atoms with van der Waals surface area (Å²) < 4.78 is 6.24. The normalized spacial score (nSPS) is 11.9. The molecule has 0 aliphatic rings. The number of benzene rings is 1. The van der Waals surface area contributed by atoms with Gasteiger partial charge in [-0.3, -0.25) is 0 Å². The number of halogens is 1. The first kappa shape index (κ1) is 16.5. The van der Waals surface area contributed by atoms with Crippen molar-refractivity contribution >= 4 is 15.9 Å². The summed E-state index contributed by atoms with van der Waals surface area (Å²) in [6.45, 7) is 7.14. The van der Waals surface area contributed by atoms with Crippen molar-refractivity contribution in [1.82, 2.24) is 4.90 Å². The van der Waals surface area contributed by atoms with Crippen LogP contribution in [0.4, 0.5) is 0 Å². The predicted molar refractivity (Wildman–Crippen MR) is 84.5 cm³/mol. The third-order valence-electron chi connectivity index (χ3n) is 3.39. The van der Waals surface area contributed by atoms with Gasteiger partial charge < -0.3 is 15.4 Å². The summed E-state index contributed by atoms with van der Waals surface area (Å²) in [5.41, 5.74) is 7.25. The van der Waals surface area contributed by atoms with Crippen LogP contribution in [-0.2, 0) is 6.54 Å². The van der Waals surface area contributed by atoms with E-state index in [-0.39, 0.29) is 5.41 Å². The number of hydrogen-bond donors (Lipinski definition) is 1. The molecule has 0 aromatic heterocycles. The zero-order chi connectivity index (χ0) is 14.5. The molecule has 0 atom stereocenters. The van der Waals surface area contributed by atoms with Gasteiger partial charge in [-0.1, -0.05) is 19.9 Å². The molecule has 0 saturated heterocycles. The predicted octanol–water partition coefficient (Wildman–Crippen LogP) is 3.26. The van der Waals surface area contributed by atoms with Gasteiger partial charge in [0, 0.05) is 6.54 Å². The Hall–Kier alpha value is -0.580. The van der Waals surface area contributed by atoms with Crippen LogP contribution < -0.4 is 10.5 Å². The summed E-state index contributed by atoms with van der Waals surface area (Å²) in [6, 6.07) is 6.22. The summed E-state index contributed by atoms with van der Waals surface area (Å²) in [5, 5.41) is 0. The molecule has 0 saturated carbocycles. The highest BCUT2D eigenvalue weighted by molar-refractivity contribution is 9.10. The van der Waals surface area contributed by atoms with Gasteiger partial charge in [-0.15, -0.1) is 0 Å². The van der Waals surface area contributed by atoms with Crippen molar-refractivity contribution < 1.29 is 4.74 Å². The highest BCUT2D eigenvalue weighted by Crippen LogP contribution is 2.26. The third-order valence-corrected chi connectivity index (χ3v) is 4.01. The van der Waals surface area contributed by atoms with Crippen LogP contribution in [0.5, 0.6) is 5.75 Å². The van der Waals surface area contributed by atoms with E-state index in [4.69, 9.17) is 10.5 Å². The summed E-state index contributed by atoms with van der Waals surface area (Å²) in [7, 11) is 3.82. The van der Waals surface area contributed by atoms with E-state index in [1.807, 2.05) is 6.07 Å². The minimum atomic E-state index is 0.217. The summed E-state index contributed by atoms with van der Waals surface area (Å²) >= 11 is 3.52. The van der Waals surface area contributed by atoms with Crippen LogP contribution in [0.2, 0.25) is 0 Å². The minimum absolute atomic E-state index is 0.217. The largest absolute Gasteiger partial charge is 0.496 e. The Labute approximate surface area is 125 Å². The van der Waals surface area contributed by atoms with Crippen molar-refractivity contribution in [2.45, 2.75) is 26.8 Å². The van der Waals surface area contributed by atoms with E-state index in [2.05, 4.69) is 53.9 Å². The molecule has 0 aliphatic carbocycles. The van der Waals surface area contributed by atoms with Crippen molar-refractivity contribution in [3.8, 4) is 5.75 Å². The third kappa shape index (κ3) is 5.51. The van der Waals surface area contributed by atoms with Gasteiger partial charge in [-0.2, -0.15) is 0 Å². The van der Waals surface area contributed by atoms with Crippen LogP contribution in [0.25, 0.3) is 0 Å². The Bertz CT molecular complexity index is 407. The topological polar surface area (TPSA) is 38.5 Å². The Morgan fingerprint density at radius 1 is 1.37 bits per heavy atom. The molecule has 1 rings (SSSR count). The first-order chi connectivity index (χ1) is 8.88. The maximum Gasteiger partial charge on any atom is 0.133 e. The second-order valence-corrected chi connectivity index (χ2v) is 6.68. The molecule has 0 amide bonds. The molecule has 19 heavy (non-hydrogen) atoms. The first-order valence-corrected chi connectivity index (χ1v) is 7.38. The zero-order valence-corrected chi connectivity index (χ0v) is 14.0. The van der Waals surface area contributed by atoms with E-state index in [1.165, 1.54) is 5.56 Å². The molecule has 0 bridgehead atoms. The smallest absolute Gasteiger partial charge is 0.133 e. The zero-order valence-electron chi connectivity index (χ0n) is 12.4. The van der Waals surface area contributed by atoms with Crippen molar-refractivity contribution in [1.29, 1.82) is 0 Å². The van der Waals surface area contributed by atoms with Gasteiger partial charge in [0.25, 0.3) is 0 Å². The maximum atomic E-state index is 5.76. The van der Waals surface area contributed by atoms with Crippen LogP contribution in [-0.4, -0.2) is 32.1 Å². The lowest BCUT2D eigenvalue weighted by Crippen LogP contribution is -2.29. The highest BCUT2D eigenvalue weighted by atomic mass is 79.9. The fourth-order valence-corrected chi connectivity index (χ4v) is 2.38. The van der Waals surface area contributed by atoms with Crippen molar-refractivity contribution in [3.05, 3.63) is 28.2 Å². The second-order valence-electron chi connectivity index (χ2n) is 5.83. The van der Waals surface area contributed by atoms with Crippen LogP contribution in [0.15, 0.2) is 22.7 Å². The molecule has 0 fully saturated rings. The average Bonchev–Trinajstić information content (AvgIpc) is 2.37. The van der Waals surface area contributed by atoms with Crippen LogP contribution >= 0.6 is 15.9 Å². The molecule has 0 unspecified atom stereocenters. The Balaban J connectivity index is 2.53. The van der Waals surface area contributed by atoms with Crippen LogP contribution in [0.3, 0.4) is 0 Å². The molecule has 0 radical (unpaired) electrons. The summed E-state index contributed by atoms with van der Waals surface area (Å²) in [5.74, 6) is 0.871. The van der Waals surface area contributed by atoms with E-state index in [1.54, 1.807) is 7.11 Å². The van der Waals surface area contributed by atoms with Crippen LogP contribution in [0.1, 0.15) is 25.8 Å². The minimum Gasteiger partial charge on any atom is -0.496 e. The number of hydrogen-bond acceptors (Lipinski definition) is 3. The first-order valence-electron chi connectivity index (χ1n) is 6.59. The Morgan fingerprint density at radius 2 is 2.05 bits per heavy atom. The van der Waals surface area contributed by atoms with Crippen molar-refractivity contribution in [2.24, 2.45) is 11.1 Å². The molecular weight excluding hydrogens is 304 g/mol. The van der Waals surface area contributed by atoms with E-state index < -0.39 is 0 Å². The van der Waals surface area contributed by atoms with Gasteiger partial charge in [0.1, 0.15) is 5.75 Å². The standard InChI is InChI=1S/C15H25BrN2O/c1-15(2,11-17)7-8-18(3)10-12-5-6-14(19-4)13(16)9-12/h5-6,9H,7-8,10-11,17H2,1-4H3. The fraction of sp³-hybridized carbons (Fsp3) is 0.600. The number of nitrogens with zero attached hydrogens (tertiary/aromatic N) is 1. The Kier molecular flexibility index (Phi) is 6.30. The lowest BCUT2D eigenvalue weighted by atomic mass is 9.89. The van der Waals surface area contributed by atoms with Crippen molar-refractivity contribution in [3.63, 3.8) is 0 Å². The molecule has 2 N–H and O–H groups in total. The number of nitrogens with two attached hydrogens (primary N) is 1. The van der Waals surface area contributed by atoms with Gasteiger partial charge in [-0.25, -0.2) is 0 Å². The molecule has 1 aromatic carbocycles. The molecular formula is C15H25BrN2O. The number of ether oxygens (including phenoxy) is 1. The highest BCUT2D eigenvalue weighted by Gasteiger charge is 2.16. The van der Waals surface area contributed by atoms with E-state index >= 15 is 0 Å². The summed E-state index contributed by atoms with van der Waals surface area (Å²) in [4.78, 5) is 2.33. The maximum absolute atomic E-state index is 5.76. The lowest BCUT2D eigenvalue weighted by molar-refractivity contribution is 0.249. The molecule has 0 heterocycles. The molecule has 108 valence electrons. The van der Waals surface area contributed by atoms with E-state index in [0.717, 1.165) is 36.3 Å². The molecule has 0 spiro atoms. The van der Waals surface area contributed by atoms with Gasteiger partial charge in [0.2, 0.25) is 0 Å². The monoisotopic (exact) mass is 328 g/mol. The van der Waals surface area contributed by atoms with E-state index in [0.29, 0.717) is 0 Å². The Morgan fingerprint density at radius 3 is 2.58 bits per heavy atom. The van der Waals surface area contributed by atoms with Gasteiger partial charge in [-0.05, 0) is 65.6 Å². The molecule has 3 nitrogen and oxygen atoms in total. The lowest BCUT2D eigenvalue weighted by Gasteiger charge is -2.26. The number of methoxy groups -OCH3 is 1. The number of rotatable bonds is 7. The van der Waals surface area contributed by atoms with E-state index in [9.17, 15) is 0 Å². The van der Waals surface area contributed by atoms with Gasteiger partial charge in [0.15, 0.2) is 0 Å². The second kappa shape index (κ2) is 7.27. The van der Waals surface area contributed by atoms with Gasteiger partial charge >= 0.3 is 0 Å².